The van der Waals surface area contributed by atoms with Crippen LogP contribution in [0.3, 0.4) is 0 Å². The van der Waals surface area contributed by atoms with Crippen molar-refractivity contribution in [2.75, 3.05) is 20.8 Å². The molecule has 0 aliphatic heterocycles. The fraction of sp³-hybridized carbons (Fsp3) is 0.615. The van der Waals surface area contributed by atoms with Crippen LogP contribution in [0.5, 0.6) is 0 Å². The van der Waals surface area contributed by atoms with Crippen LogP contribution in [0.15, 0.2) is 4.79 Å². The minimum absolute atomic E-state index is 0.160. The van der Waals surface area contributed by atoms with Crippen LogP contribution in [0.25, 0.3) is 0 Å². The predicted molar refractivity (Wildman–Crippen MR) is 72.0 cm³/mol. The number of hydrogen-bond donors (Lipinski definition) is 1. The second-order valence-corrected chi connectivity index (χ2v) is 4.54. The number of carbonyl (C=O) groups is 1. The Labute approximate surface area is 117 Å². The summed E-state index contributed by atoms with van der Waals surface area (Å²) in [5.41, 5.74) is 1.20. The molecule has 0 saturated heterocycles. The van der Waals surface area contributed by atoms with Gasteiger partial charge in [-0.3, -0.25) is 9.36 Å². The number of carboxylic acid groups (broad SMARTS) is 1. The summed E-state index contributed by atoms with van der Waals surface area (Å²) in [6.45, 7) is 3.97. The second kappa shape index (κ2) is 7.16. The molecule has 112 valence electrons. The largest absolute Gasteiger partial charge is 0.481 e. The summed E-state index contributed by atoms with van der Waals surface area (Å²) in [6, 6.07) is 0. The first-order valence-electron chi connectivity index (χ1n) is 6.21. The van der Waals surface area contributed by atoms with Gasteiger partial charge in [0.15, 0.2) is 0 Å². The van der Waals surface area contributed by atoms with E-state index in [4.69, 9.17) is 14.6 Å². The van der Waals surface area contributed by atoms with E-state index in [2.05, 4.69) is 4.98 Å². The molecule has 1 aromatic rings. The molecule has 0 aliphatic rings. The predicted octanol–water partition coefficient (Wildman–Crippen LogP) is 0.149. The number of methoxy groups -OCH3 is 2. The molecule has 1 heterocycles. The SMILES string of the molecule is COCC(Cn1c(C)c(CC(=O)O)c(C)nc1=O)OC. The highest BCUT2D eigenvalue weighted by Crippen LogP contribution is 2.11. The van der Waals surface area contributed by atoms with E-state index in [0.29, 0.717) is 23.6 Å². The minimum Gasteiger partial charge on any atom is -0.481 e. The Morgan fingerprint density at radius 1 is 1.40 bits per heavy atom. The summed E-state index contributed by atoms with van der Waals surface area (Å²) in [4.78, 5) is 26.7. The van der Waals surface area contributed by atoms with Gasteiger partial charge < -0.3 is 14.6 Å². The molecule has 0 amide bonds. The van der Waals surface area contributed by atoms with Crippen molar-refractivity contribution in [3.05, 3.63) is 27.4 Å². The third kappa shape index (κ3) is 3.88. The van der Waals surface area contributed by atoms with Crippen molar-refractivity contribution in [2.45, 2.75) is 32.9 Å². The van der Waals surface area contributed by atoms with E-state index < -0.39 is 11.7 Å². The molecule has 1 unspecified atom stereocenters. The molecule has 7 heteroatoms. The van der Waals surface area contributed by atoms with Crippen molar-refractivity contribution in [1.82, 2.24) is 9.55 Å². The molecule has 1 rings (SSSR count). The molecule has 1 aromatic heterocycles. The van der Waals surface area contributed by atoms with E-state index in [1.807, 2.05) is 0 Å². The first kappa shape index (κ1) is 16.3. The van der Waals surface area contributed by atoms with Crippen molar-refractivity contribution >= 4 is 5.97 Å². The maximum absolute atomic E-state index is 12.0. The van der Waals surface area contributed by atoms with Crippen molar-refractivity contribution in [1.29, 1.82) is 0 Å². The smallest absolute Gasteiger partial charge is 0.348 e. The quantitative estimate of drug-likeness (QED) is 0.766. The van der Waals surface area contributed by atoms with Gasteiger partial charge in [-0.1, -0.05) is 0 Å². The van der Waals surface area contributed by atoms with Crippen LogP contribution in [-0.4, -0.2) is 47.6 Å². The van der Waals surface area contributed by atoms with Gasteiger partial charge in [-0.15, -0.1) is 0 Å². The van der Waals surface area contributed by atoms with Crippen molar-refractivity contribution < 1.29 is 19.4 Å². The van der Waals surface area contributed by atoms with Gasteiger partial charge in [0.1, 0.15) is 0 Å². The molecule has 0 bridgehead atoms. The summed E-state index contributed by atoms with van der Waals surface area (Å²) >= 11 is 0. The number of nitrogens with zero attached hydrogens (tertiary/aromatic N) is 2. The van der Waals surface area contributed by atoms with Crippen LogP contribution in [0.2, 0.25) is 0 Å². The lowest BCUT2D eigenvalue weighted by molar-refractivity contribution is -0.136. The van der Waals surface area contributed by atoms with Gasteiger partial charge in [-0.25, -0.2) is 4.79 Å². The van der Waals surface area contributed by atoms with Gasteiger partial charge >= 0.3 is 11.7 Å². The fourth-order valence-electron chi connectivity index (χ4n) is 2.05. The van der Waals surface area contributed by atoms with Crippen LogP contribution in [0.1, 0.15) is 17.0 Å². The average molecular weight is 284 g/mol. The molecule has 7 nitrogen and oxygen atoms in total. The number of aryl methyl sites for hydroxylation is 1. The van der Waals surface area contributed by atoms with Crippen molar-refractivity contribution in [3.8, 4) is 0 Å². The van der Waals surface area contributed by atoms with Gasteiger partial charge in [0.05, 0.1) is 25.7 Å². The molecule has 0 radical (unpaired) electrons. The Morgan fingerprint density at radius 3 is 2.55 bits per heavy atom. The van der Waals surface area contributed by atoms with Gasteiger partial charge in [0.25, 0.3) is 0 Å². The molecular formula is C13H20N2O5. The first-order valence-corrected chi connectivity index (χ1v) is 6.21. The third-order valence-electron chi connectivity index (χ3n) is 3.17. The highest BCUT2D eigenvalue weighted by Gasteiger charge is 2.17. The molecule has 1 atom stereocenters. The second-order valence-electron chi connectivity index (χ2n) is 4.54. The van der Waals surface area contributed by atoms with Gasteiger partial charge in [-0.05, 0) is 13.8 Å². The van der Waals surface area contributed by atoms with E-state index >= 15 is 0 Å². The van der Waals surface area contributed by atoms with Crippen molar-refractivity contribution in [3.63, 3.8) is 0 Å². The Morgan fingerprint density at radius 2 is 2.05 bits per heavy atom. The third-order valence-corrected chi connectivity index (χ3v) is 3.17. The zero-order valence-corrected chi connectivity index (χ0v) is 12.2. The molecule has 0 aliphatic carbocycles. The topological polar surface area (TPSA) is 90.6 Å². The van der Waals surface area contributed by atoms with Crippen molar-refractivity contribution in [2.24, 2.45) is 0 Å². The molecule has 0 fully saturated rings. The summed E-state index contributed by atoms with van der Waals surface area (Å²) in [5, 5.41) is 8.93. The normalized spacial score (nSPS) is 12.4. The lowest BCUT2D eigenvalue weighted by Crippen LogP contribution is -2.34. The number of aromatic nitrogens is 2. The number of rotatable bonds is 7. The van der Waals surface area contributed by atoms with E-state index in [1.165, 1.54) is 11.7 Å². The van der Waals surface area contributed by atoms with Crippen LogP contribution in [-0.2, 0) is 27.2 Å². The van der Waals surface area contributed by atoms with Crippen LogP contribution in [0, 0.1) is 13.8 Å². The van der Waals surface area contributed by atoms with E-state index in [9.17, 15) is 9.59 Å². The maximum atomic E-state index is 12.0. The lowest BCUT2D eigenvalue weighted by Gasteiger charge is -2.19. The zero-order chi connectivity index (χ0) is 15.3. The first-order chi connectivity index (χ1) is 9.40. The Hall–Kier alpha value is -1.73. The summed E-state index contributed by atoms with van der Waals surface area (Å²) in [7, 11) is 3.08. The monoisotopic (exact) mass is 284 g/mol. The molecule has 20 heavy (non-hydrogen) atoms. The number of carboxylic acids is 1. The highest BCUT2D eigenvalue weighted by atomic mass is 16.5. The zero-order valence-electron chi connectivity index (χ0n) is 12.2. The summed E-state index contributed by atoms with van der Waals surface area (Å²) in [6.07, 6.45) is -0.453. The van der Waals surface area contributed by atoms with Gasteiger partial charge in [0.2, 0.25) is 0 Å². The average Bonchev–Trinajstić information content (AvgIpc) is 2.37. The fourth-order valence-corrected chi connectivity index (χ4v) is 2.05. The van der Waals surface area contributed by atoms with Gasteiger partial charge in [0, 0.05) is 31.2 Å². The highest BCUT2D eigenvalue weighted by molar-refractivity contribution is 5.70. The molecule has 0 saturated carbocycles. The minimum atomic E-state index is -0.955. The molecular weight excluding hydrogens is 264 g/mol. The van der Waals surface area contributed by atoms with E-state index in [0.717, 1.165) is 0 Å². The number of ether oxygens (including phenoxy) is 2. The number of aliphatic carboxylic acids is 1. The van der Waals surface area contributed by atoms with E-state index in [1.54, 1.807) is 21.0 Å². The summed E-state index contributed by atoms with van der Waals surface area (Å²) in [5.74, 6) is -0.955. The van der Waals surface area contributed by atoms with Crippen LogP contribution in [0.4, 0.5) is 0 Å². The van der Waals surface area contributed by atoms with Gasteiger partial charge in [-0.2, -0.15) is 4.98 Å². The van der Waals surface area contributed by atoms with Crippen LogP contribution < -0.4 is 5.69 Å². The molecule has 0 spiro atoms. The van der Waals surface area contributed by atoms with Crippen LogP contribution >= 0.6 is 0 Å². The Kier molecular flexibility index (Phi) is 5.84. The standard InChI is InChI=1S/C13H20N2O5/c1-8-11(5-12(16)17)9(2)15(13(18)14-8)6-10(20-4)7-19-3/h10H,5-7H2,1-4H3,(H,16,17). The Balaban J connectivity index is 3.19. The number of hydrogen-bond acceptors (Lipinski definition) is 5. The lowest BCUT2D eigenvalue weighted by atomic mass is 10.1. The Bertz CT molecular complexity index is 538. The summed E-state index contributed by atoms with van der Waals surface area (Å²) < 4.78 is 11.7. The molecule has 0 aromatic carbocycles. The molecule has 1 N–H and O–H groups in total. The van der Waals surface area contributed by atoms with E-state index in [-0.39, 0.29) is 19.1 Å². The maximum Gasteiger partial charge on any atom is 0.348 e.